The van der Waals surface area contributed by atoms with Gasteiger partial charge in [0, 0.05) is 39.4 Å². The summed E-state index contributed by atoms with van der Waals surface area (Å²) in [6.45, 7) is 1.77. The molecule has 3 heterocycles. The molecule has 8 heteroatoms. The van der Waals surface area contributed by atoms with Crippen LogP contribution >= 0.6 is 0 Å². The number of benzene rings is 1. The number of fused-ring (bicyclic) bond motifs is 1. The fraction of sp³-hybridized carbons (Fsp3) is 0.500. The van der Waals surface area contributed by atoms with Crippen molar-refractivity contribution in [3.63, 3.8) is 0 Å². The van der Waals surface area contributed by atoms with Crippen LogP contribution in [0.1, 0.15) is 31.4 Å². The van der Waals surface area contributed by atoms with Crippen LogP contribution in [0.3, 0.4) is 0 Å². The Bertz CT molecular complexity index is 972. The van der Waals surface area contributed by atoms with Gasteiger partial charge in [-0.2, -0.15) is 0 Å². The van der Waals surface area contributed by atoms with E-state index in [1.165, 1.54) is 0 Å². The summed E-state index contributed by atoms with van der Waals surface area (Å²) in [5.41, 5.74) is 1.06. The molecule has 1 spiro atoms. The van der Waals surface area contributed by atoms with Gasteiger partial charge in [0.15, 0.2) is 0 Å². The Labute approximate surface area is 162 Å². The number of para-hydroxylation sites is 2. The molecular weight excluding hydrogens is 360 g/mol. The minimum atomic E-state index is -0.474. The SMILES string of the molecule is CN1C[C@@]2(CCCN(C(=O)CCc3nc4ccccc4[nH]c3=O)CC2)OC1=O. The molecule has 1 aromatic carbocycles. The van der Waals surface area contributed by atoms with E-state index < -0.39 is 5.60 Å². The highest BCUT2D eigenvalue weighted by atomic mass is 16.6. The number of rotatable bonds is 3. The predicted molar refractivity (Wildman–Crippen MR) is 103 cm³/mol. The molecule has 148 valence electrons. The molecule has 2 amide bonds. The number of hydrogen-bond donors (Lipinski definition) is 1. The lowest BCUT2D eigenvalue weighted by Crippen LogP contribution is -2.37. The maximum atomic E-state index is 12.7. The van der Waals surface area contributed by atoms with E-state index in [9.17, 15) is 14.4 Å². The number of aromatic nitrogens is 2. The van der Waals surface area contributed by atoms with Crippen LogP contribution in [0, 0.1) is 0 Å². The van der Waals surface area contributed by atoms with Gasteiger partial charge in [0.05, 0.1) is 17.6 Å². The molecule has 2 saturated heterocycles. The van der Waals surface area contributed by atoms with Crippen LogP contribution in [-0.2, 0) is 16.0 Å². The summed E-state index contributed by atoms with van der Waals surface area (Å²) >= 11 is 0. The number of nitrogens with one attached hydrogen (secondary N) is 1. The maximum absolute atomic E-state index is 12.7. The summed E-state index contributed by atoms with van der Waals surface area (Å²) in [5, 5.41) is 0. The molecule has 2 aromatic rings. The van der Waals surface area contributed by atoms with Crippen LogP contribution in [0.4, 0.5) is 4.79 Å². The van der Waals surface area contributed by atoms with Crippen molar-refractivity contribution in [3.05, 3.63) is 40.3 Å². The Morgan fingerprint density at radius 3 is 2.86 bits per heavy atom. The third-order valence-corrected chi connectivity index (χ3v) is 5.64. The number of hydrogen-bond acceptors (Lipinski definition) is 5. The van der Waals surface area contributed by atoms with Gasteiger partial charge in [0.2, 0.25) is 5.91 Å². The first-order chi connectivity index (χ1) is 13.5. The Morgan fingerprint density at radius 1 is 1.25 bits per heavy atom. The lowest BCUT2D eigenvalue weighted by molar-refractivity contribution is -0.131. The van der Waals surface area contributed by atoms with E-state index in [0.29, 0.717) is 49.2 Å². The van der Waals surface area contributed by atoms with Crippen molar-refractivity contribution in [2.75, 3.05) is 26.7 Å². The molecule has 1 atom stereocenters. The second kappa shape index (κ2) is 7.26. The Hall–Kier alpha value is -2.90. The normalized spacial score (nSPS) is 22.5. The first-order valence-electron chi connectivity index (χ1n) is 9.66. The summed E-state index contributed by atoms with van der Waals surface area (Å²) in [7, 11) is 1.74. The first-order valence-corrected chi connectivity index (χ1v) is 9.66. The first kappa shape index (κ1) is 18.5. The van der Waals surface area contributed by atoms with E-state index in [-0.39, 0.29) is 24.0 Å². The van der Waals surface area contributed by atoms with Gasteiger partial charge in [-0.15, -0.1) is 0 Å². The van der Waals surface area contributed by atoms with Crippen molar-refractivity contribution in [3.8, 4) is 0 Å². The Balaban J connectivity index is 1.39. The molecular formula is C20H24N4O4. The quantitative estimate of drug-likeness (QED) is 0.869. The molecule has 0 unspecified atom stereocenters. The fourth-order valence-corrected chi connectivity index (χ4v) is 4.09. The minimum Gasteiger partial charge on any atom is -0.441 e. The number of likely N-dealkylation sites (tertiary alicyclic amines) is 1. The smallest absolute Gasteiger partial charge is 0.410 e. The van der Waals surface area contributed by atoms with Crippen LogP contribution in [0.5, 0.6) is 0 Å². The van der Waals surface area contributed by atoms with Gasteiger partial charge in [-0.1, -0.05) is 12.1 Å². The number of aryl methyl sites for hydroxylation is 1. The zero-order valence-electron chi connectivity index (χ0n) is 15.9. The highest BCUT2D eigenvalue weighted by molar-refractivity contribution is 5.77. The topological polar surface area (TPSA) is 95.6 Å². The number of nitrogens with zero attached hydrogens (tertiary/aromatic N) is 3. The fourth-order valence-electron chi connectivity index (χ4n) is 4.09. The largest absolute Gasteiger partial charge is 0.441 e. The van der Waals surface area contributed by atoms with Crippen molar-refractivity contribution < 1.29 is 14.3 Å². The van der Waals surface area contributed by atoms with Gasteiger partial charge >= 0.3 is 6.09 Å². The molecule has 2 fully saturated rings. The predicted octanol–water partition coefficient (Wildman–Crippen LogP) is 1.69. The van der Waals surface area contributed by atoms with Crippen molar-refractivity contribution in [2.45, 2.75) is 37.7 Å². The summed E-state index contributed by atoms with van der Waals surface area (Å²) in [6, 6.07) is 7.35. The molecule has 0 aliphatic carbocycles. The summed E-state index contributed by atoms with van der Waals surface area (Å²) in [6.07, 6.45) is 2.45. The van der Waals surface area contributed by atoms with Crippen LogP contribution < -0.4 is 5.56 Å². The summed E-state index contributed by atoms with van der Waals surface area (Å²) < 4.78 is 5.59. The number of carbonyl (C=O) groups is 2. The number of H-pyrrole nitrogens is 1. The summed E-state index contributed by atoms with van der Waals surface area (Å²) in [4.78, 5) is 47.3. The average Bonchev–Trinajstić information content (AvgIpc) is 2.83. The number of aromatic amines is 1. The summed E-state index contributed by atoms with van der Waals surface area (Å²) in [5.74, 6) is 0.00378. The van der Waals surface area contributed by atoms with Gasteiger partial charge in [0.1, 0.15) is 11.3 Å². The zero-order valence-corrected chi connectivity index (χ0v) is 15.9. The minimum absolute atomic E-state index is 0.00378. The molecule has 8 nitrogen and oxygen atoms in total. The number of likely N-dealkylation sites (N-methyl/N-ethyl adjacent to an activating group) is 1. The lowest BCUT2D eigenvalue weighted by Gasteiger charge is -2.25. The molecule has 1 aromatic heterocycles. The Morgan fingerprint density at radius 2 is 2.07 bits per heavy atom. The van der Waals surface area contributed by atoms with E-state index in [2.05, 4.69) is 9.97 Å². The van der Waals surface area contributed by atoms with Gasteiger partial charge in [-0.3, -0.25) is 9.59 Å². The molecule has 2 aliphatic rings. The van der Waals surface area contributed by atoms with Crippen LogP contribution in [-0.4, -0.2) is 64.1 Å². The Kier molecular flexibility index (Phi) is 4.78. The maximum Gasteiger partial charge on any atom is 0.410 e. The zero-order chi connectivity index (χ0) is 19.7. The van der Waals surface area contributed by atoms with Gasteiger partial charge in [-0.05, 0) is 25.0 Å². The van der Waals surface area contributed by atoms with Crippen molar-refractivity contribution in [1.29, 1.82) is 0 Å². The van der Waals surface area contributed by atoms with Crippen LogP contribution in [0.2, 0.25) is 0 Å². The molecule has 0 saturated carbocycles. The van der Waals surface area contributed by atoms with E-state index in [4.69, 9.17) is 4.74 Å². The van der Waals surface area contributed by atoms with Gasteiger partial charge < -0.3 is 19.5 Å². The number of carbonyl (C=O) groups excluding carboxylic acids is 2. The van der Waals surface area contributed by atoms with Crippen LogP contribution in [0.15, 0.2) is 29.1 Å². The van der Waals surface area contributed by atoms with Crippen molar-refractivity contribution >= 4 is 23.0 Å². The third-order valence-electron chi connectivity index (χ3n) is 5.64. The van der Waals surface area contributed by atoms with Crippen LogP contribution in [0.25, 0.3) is 11.0 Å². The van der Waals surface area contributed by atoms with Crippen molar-refractivity contribution in [1.82, 2.24) is 19.8 Å². The van der Waals surface area contributed by atoms with Gasteiger partial charge in [-0.25, -0.2) is 9.78 Å². The average molecular weight is 384 g/mol. The number of amides is 2. The standard InChI is InChI=1S/C20H24N4O4/c1-23-13-20(28-19(23)27)9-4-11-24(12-10-20)17(25)8-7-16-18(26)22-15-6-3-2-5-14(15)21-16/h2-3,5-6H,4,7-13H2,1H3,(H,22,26)/t20-/m0/s1. The highest BCUT2D eigenvalue weighted by Gasteiger charge is 2.44. The van der Waals surface area contributed by atoms with E-state index >= 15 is 0 Å². The van der Waals surface area contributed by atoms with E-state index in [0.717, 1.165) is 12.8 Å². The second-order valence-electron chi connectivity index (χ2n) is 7.67. The van der Waals surface area contributed by atoms with E-state index in [1.807, 2.05) is 23.1 Å². The monoisotopic (exact) mass is 384 g/mol. The molecule has 0 radical (unpaired) electrons. The van der Waals surface area contributed by atoms with Gasteiger partial charge in [0.25, 0.3) is 5.56 Å². The molecule has 2 aliphatic heterocycles. The molecule has 4 rings (SSSR count). The van der Waals surface area contributed by atoms with Crippen molar-refractivity contribution in [2.24, 2.45) is 0 Å². The highest BCUT2D eigenvalue weighted by Crippen LogP contribution is 2.32. The van der Waals surface area contributed by atoms with E-state index in [1.54, 1.807) is 18.0 Å². The second-order valence-corrected chi connectivity index (χ2v) is 7.67. The number of ether oxygens (including phenoxy) is 1. The molecule has 28 heavy (non-hydrogen) atoms. The molecule has 1 N–H and O–H groups in total. The lowest BCUT2D eigenvalue weighted by atomic mass is 9.95. The molecule has 0 bridgehead atoms. The third kappa shape index (κ3) is 3.58.